The summed E-state index contributed by atoms with van der Waals surface area (Å²) in [5.74, 6) is -0.200. The fourth-order valence-corrected chi connectivity index (χ4v) is 2.78. The summed E-state index contributed by atoms with van der Waals surface area (Å²) in [6.07, 6.45) is 0.922. The Balaban J connectivity index is 1.65. The van der Waals surface area contributed by atoms with E-state index in [1.807, 2.05) is 26.1 Å². The van der Waals surface area contributed by atoms with Crippen LogP contribution in [-0.4, -0.2) is 58.4 Å². The number of aliphatic hydroxyl groups is 1. The van der Waals surface area contributed by atoms with Gasteiger partial charge in [-0.05, 0) is 24.1 Å². The van der Waals surface area contributed by atoms with Crippen molar-refractivity contribution in [2.24, 2.45) is 5.92 Å². The van der Waals surface area contributed by atoms with Crippen LogP contribution in [-0.2, 0) is 4.79 Å². The maximum Gasteiger partial charge on any atom is 0.251 e. The molecule has 6 heteroatoms. The number of amides is 1. The van der Waals surface area contributed by atoms with Crippen LogP contribution >= 0.6 is 0 Å². The van der Waals surface area contributed by atoms with Crippen molar-refractivity contribution >= 4 is 22.5 Å². The van der Waals surface area contributed by atoms with Crippen LogP contribution in [0.2, 0.25) is 0 Å². The van der Waals surface area contributed by atoms with Crippen molar-refractivity contribution in [2.75, 3.05) is 31.1 Å². The van der Waals surface area contributed by atoms with Crippen LogP contribution in [0.5, 0.6) is 0 Å². The van der Waals surface area contributed by atoms with Gasteiger partial charge in [0.05, 0.1) is 11.7 Å². The lowest BCUT2D eigenvalue weighted by molar-refractivity contribution is -0.142. The van der Waals surface area contributed by atoms with E-state index in [-0.39, 0.29) is 11.8 Å². The predicted molar refractivity (Wildman–Crippen MR) is 85.7 cm³/mol. The fourth-order valence-electron chi connectivity index (χ4n) is 2.78. The zero-order chi connectivity index (χ0) is 15.7. The van der Waals surface area contributed by atoms with E-state index in [2.05, 4.69) is 27.2 Å². The second-order valence-corrected chi connectivity index (χ2v) is 6.14. The van der Waals surface area contributed by atoms with Crippen LogP contribution in [0.1, 0.15) is 13.8 Å². The molecule has 1 aromatic heterocycles. The largest absolute Gasteiger partial charge is 0.383 e. The highest BCUT2D eigenvalue weighted by molar-refractivity contribution is 5.83. The molecule has 2 heterocycles. The SMILES string of the molecule is CC(C)[C@H](O)C(=O)N1CCN(c2ccc3[nH]ncc3c2)CC1. The summed E-state index contributed by atoms with van der Waals surface area (Å²) in [7, 11) is 0. The molecule has 3 rings (SSSR count). The van der Waals surface area contributed by atoms with E-state index in [4.69, 9.17) is 0 Å². The zero-order valence-corrected chi connectivity index (χ0v) is 13.0. The Labute approximate surface area is 129 Å². The van der Waals surface area contributed by atoms with Gasteiger partial charge in [-0.2, -0.15) is 5.10 Å². The van der Waals surface area contributed by atoms with Gasteiger partial charge in [0, 0.05) is 37.3 Å². The summed E-state index contributed by atoms with van der Waals surface area (Å²) in [5, 5.41) is 18.0. The van der Waals surface area contributed by atoms with Gasteiger partial charge >= 0.3 is 0 Å². The van der Waals surface area contributed by atoms with Crippen LogP contribution in [0.3, 0.4) is 0 Å². The number of nitrogens with one attached hydrogen (secondary N) is 1. The quantitative estimate of drug-likeness (QED) is 0.894. The lowest BCUT2D eigenvalue weighted by Gasteiger charge is -2.37. The van der Waals surface area contributed by atoms with Crippen molar-refractivity contribution in [1.82, 2.24) is 15.1 Å². The number of nitrogens with zero attached hydrogens (tertiary/aromatic N) is 3. The first-order valence-corrected chi connectivity index (χ1v) is 7.71. The Morgan fingerprint density at radius 1 is 1.27 bits per heavy atom. The summed E-state index contributed by atoms with van der Waals surface area (Å²) in [4.78, 5) is 16.2. The number of aliphatic hydroxyl groups excluding tert-OH is 1. The average molecular weight is 302 g/mol. The lowest BCUT2D eigenvalue weighted by atomic mass is 10.1. The predicted octanol–water partition coefficient (Wildman–Crippen LogP) is 1.23. The minimum absolute atomic E-state index is 0.0472. The van der Waals surface area contributed by atoms with Gasteiger partial charge in [0.1, 0.15) is 6.10 Å². The monoisotopic (exact) mass is 302 g/mol. The normalized spacial score (nSPS) is 17.3. The lowest BCUT2D eigenvalue weighted by Crippen LogP contribution is -2.52. The van der Waals surface area contributed by atoms with Crippen molar-refractivity contribution in [1.29, 1.82) is 0 Å². The molecule has 0 bridgehead atoms. The van der Waals surface area contributed by atoms with E-state index in [0.29, 0.717) is 13.1 Å². The van der Waals surface area contributed by atoms with Crippen LogP contribution < -0.4 is 4.90 Å². The molecule has 1 saturated heterocycles. The molecular weight excluding hydrogens is 280 g/mol. The van der Waals surface area contributed by atoms with Gasteiger partial charge in [0.25, 0.3) is 5.91 Å². The number of aromatic amines is 1. The molecule has 0 radical (unpaired) electrons. The van der Waals surface area contributed by atoms with Crippen molar-refractivity contribution in [3.8, 4) is 0 Å². The number of carbonyl (C=O) groups excluding carboxylic acids is 1. The number of benzene rings is 1. The van der Waals surface area contributed by atoms with Crippen molar-refractivity contribution < 1.29 is 9.90 Å². The van der Waals surface area contributed by atoms with Gasteiger partial charge in [-0.15, -0.1) is 0 Å². The van der Waals surface area contributed by atoms with Gasteiger partial charge in [0.2, 0.25) is 0 Å². The van der Waals surface area contributed by atoms with E-state index < -0.39 is 6.10 Å². The number of piperazine rings is 1. The Morgan fingerprint density at radius 3 is 2.68 bits per heavy atom. The number of aromatic nitrogens is 2. The molecule has 1 amide bonds. The van der Waals surface area contributed by atoms with Crippen molar-refractivity contribution in [2.45, 2.75) is 20.0 Å². The highest BCUT2D eigenvalue weighted by Crippen LogP contribution is 2.22. The summed E-state index contributed by atoms with van der Waals surface area (Å²) in [5.41, 5.74) is 2.17. The highest BCUT2D eigenvalue weighted by Gasteiger charge is 2.27. The fraction of sp³-hybridized carbons (Fsp3) is 0.500. The van der Waals surface area contributed by atoms with Gasteiger partial charge in [0.15, 0.2) is 0 Å². The molecule has 0 unspecified atom stereocenters. The molecule has 0 spiro atoms. The van der Waals surface area contributed by atoms with Gasteiger partial charge in [-0.1, -0.05) is 13.8 Å². The first kappa shape index (κ1) is 14.8. The summed E-state index contributed by atoms with van der Waals surface area (Å²) in [6.45, 7) is 6.57. The molecule has 1 fully saturated rings. The molecule has 118 valence electrons. The third-order valence-corrected chi connectivity index (χ3v) is 4.26. The average Bonchev–Trinajstić information content (AvgIpc) is 3.01. The standard InChI is InChI=1S/C16H22N4O2/c1-11(2)15(21)16(22)20-7-5-19(6-8-20)13-3-4-14-12(9-13)10-17-18-14/h3-4,9-11,15,21H,5-8H2,1-2H3,(H,17,18)/t15-/m0/s1. The van der Waals surface area contributed by atoms with Crippen molar-refractivity contribution in [3.05, 3.63) is 24.4 Å². The Bertz CT molecular complexity index is 659. The van der Waals surface area contributed by atoms with Gasteiger partial charge in [-0.25, -0.2) is 0 Å². The number of H-pyrrole nitrogens is 1. The Morgan fingerprint density at radius 2 is 2.00 bits per heavy atom. The number of rotatable bonds is 3. The van der Waals surface area contributed by atoms with Crippen LogP contribution in [0, 0.1) is 5.92 Å². The molecule has 2 aromatic rings. The summed E-state index contributed by atoms with van der Waals surface area (Å²) in [6, 6.07) is 6.21. The van der Waals surface area contributed by atoms with Crippen LogP contribution in [0.4, 0.5) is 5.69 Å². The minimum Gasteiger partial charge on any atom is -0.383 e. The molecule has 22 heavy (non-hydrogen) atoms. The summed E-state index contributed by atoms with van der Waals surface area (Å²) < 4.78 is 0. The molecule has 6 nitrogen and oxygen atoms in total. The molecule has 0 saturated carbocycles. The second kappa shape index (κ2) is 5.96. The van der Waals surface area contributed by atoms with Crippen molar-refractivity contribution in [3.63, 3.8) is 0 Å². The third-order valence-electron chi connectivity index (χ3n) is 4.26. The first-order valence-electron chi connectivity index (χ1n) is 7.71. The van der Waals surface area contributed by atoms with Gasteiger partial charge in [-0.3, -0.25) is 9.89 Å². The molecule has 1 aliphatic heterocycles. The zero-order valence-electron chi connectivity index (χ0n) is 13.0. The van der Waals surface area contributed by atoms with Gasteiger partial charge < -0.3 is 14.9 Å². The molecule has 1 atom stereocenters. The number of carbonyl (C=O) groups is 1. The second-order valence-electron chi connectivity index (χ2n) is 6.14. The van der Waals surface area contributed by atoms with E-state index in [9.17, 15) is 9.90 Å². The number of fused-ring (bicyclic) bond motifs is 1. The maximum absolute atomic E-state index is 12.2. The smallest absolute Gasteiger partial charge is 0.251 e. The van der Waals surface area contributed by atoms with E-state index in [1.54, 1.807) is 4.90 Å². The highest BCUT2D eigenvalue weighted by atomic mass is 16.3. The van der Waals surface area contributed by atoms with Crippen LogP contribution in [0.25, 0.3) is 10.9 Å². The number of hydrogen-bond donors (Lipinski definition) is 2. The molecule has 1 aliphatic rings. The van der Waals surface area contributed by atoms with E-state index >= 15 is 0 Å². The maximum atomic E-state index is 12.2. The topological polar surface area (TPSA) is 72.5 Å². The van der Waals surface area contributed by atoms with E-state index in [1.165, 1.54) is 0 Å². The molecule has 1 aromatic carbocycles. The first-order chi connectivity index (χ1) is 10.6. The Kier molecular flexibility index (Phi) is 4.02. The van der Waals surface area contributed by atoms with Crippen LogP contribution in [0.15, 0.2) is 24.4 Å². The number of hydrogen-bond acceptors (Lipinski definition) is 4. The Hall–Kier alpha value is -2.08. The number of anilines is 1. The third kappa shape index (κ3) is 2.78. The van der Waals surface area contributed by atoms with E-state index in [0.717, 1.165) is 29.7 Å². The molecule has 0 aliphatic carbocycles. The minimum atomic E-state index is -0.895. The molecule has 2 N–H and O–H groups in total. The molecular formula is C16H22N4O2. The summed E-state index contributed by atoms with van der Waals surface area (Å²) >= 11 is 0.